The average Bonchev–Trinajstić information content (AvgIpc) is 2.94. The van der Waals surface area contributed by atoms with Crippen LogP contribution >= 0.6 is 0 Å². The molecule has 0 amide bonds. The first kappa shape index (κ1) is 15.3. The number of hydrogen-bond donors (Lipinski definition) is 0. The average molecular weight is 282 g/mol. The van der Waals surface area contributed by atoms with Gasteiger partial charge in [0.15, 0.2) is 0 Å². The molecule has 1 aromatic carbocycles. The summed E-state index contributed by atoms with van der Waals surface area (Å²) in [6.45, 7) is 5.96. The number of benzene rings is 1. The molecule has 0 fully saturated rings. The van der Waals surface area contributed by atoms with Crippen LogP contribution in [0.2, 0.25) is 0 Å². The van der Waals surface area contributed by atoms with E-state index in [9.17, 15) is 0 Å². The predicted octanol–water partition coefficient (Wildman–Crippen LogP) is 3.36. The third kappa shape index (κ3) is 4.17. The van der Waals surface area contributed by atoms with E-state index in [1.165, 1.54) is 0 Å². The maximum atomic E-state index is 8.93. The summed E-state index contributed by atoms with van der Waals surface area (Å²) in [6.07, 6.45) is 3.13. The van der Waals surface area contributed by atoms with Crippen molar-refractivity contribution in [2.75, 3.05) is 7.05 Å². The molecule has 2 rings (SSSR count). The molecule has 1 atom stereocenters. The first-order valence-corrected chi connectivity index (χ1v) is 7.34. The molecule has 0 radical (unpaired) electrons. The van der Waals surface area contributed by atoms with Crippen molar-refractivity contribution in [3.63, 3.8) is 0 Å². The zero-order valence-electron chi connectivity index (χ0n) is 13.0. The van der Waals surface area contributed by atoms with Crippen molar-refractivity contribution in [1.29, 1.82) is 5.26 Å². The fraction of sp³-hybridized carbons (Fsp3) is 0.412. The molecule has 2 aromatic rings. The highest BCUT2D eigenvalue weighted by molar-refractivity contribution is 5.32. The third-order valence-corrected chi connectivity index (χ3v) is 3.65. The van der Waals surface area contributed by atoms with Crippen molar-refractivity contribution in [2.24, 2.45) is 0 Å². The van der Waals surface area contributed by atoms with Gasteiger partial charge in [0.1, 0.15) is 0 Å². The van der Waals surface area contributed by atoms with Crippen LogP contribution in [0, 0.1) is 11.3 Å². The first-order chi connectivity index (χ1) is 10.1. The van der Waals surface area contributed by atoms with Crippen molar-refractivity contribution in [3.8, 4) is 6.07 Å². The lowest BCUT2D eigenvalue weighted by atomic mass is 10.1. The molecular formula is C17H22N4. The molecule has 0 saturated heterocycles. The monoisotopic (exact) mass is 282 g/mol. The molecule has 1 aromatic heterocycles. The molecule has 4 nitrogen and oxygen atoms in total. The lowest BCUT2D eigenvalue weighted by molar-refractivity contribution is 0.312. The van der Waals surface area contributed by atoms with Crippen molar-refractivity contribution in [3.05, 3.63) is 53.3 Å². The fourth-order valence-corrected chi connectivity index (χ4v) is 2.28. The van der Waals surface area contributed by atoms with Gasteiger partial charge in [0, 0.05) is 25.3 Å². The highest BCUT2D eigenvalue weighted by atomic mass is 15.3. The molecule has 0 N–H and O–H groups in total. The van der Waals surface area contributed by atoms with Gasteiger partial charge in [-0.1, -0.05) is 19.1 Å². The quantitative estimate of drug-likeness (QED) is 0.816. The van der Waals surface area contributed by atoms with Gasteiger partial charge in [-0.2, -0.15) is 10.4 Å². The van der Waals surface area contributed by atoms with Crippen LogP contribution in [0.25, 0.3) is 0 Å². The van der Waals surface area contributed by atoms with Gasteiger partial charge < -0.3 is 0 Å². The molecule has 110 valence electrons. The maximum Gasteiger partial charge on any atom is 0.0991 e. The number of nitrogens with zero attached hydrogens (tertiary/aromatic N) is 4. The van der Waals surface area contributed by atoms with Gasteiger partial charge in [0.25, 0.3) is 0 Å². The van der Waals surface area contributed by atoms with E-state index in [1.54, 1.807) is 0 Å². The van der Waals surface area contributed by atoms with E-state index < -0.39 is 0 Å². The summed E-state index contributed by atoms with van der Waals surface area (Å²) in [7, 11) is 2.07. The van der Waals surface area contributed by atoms with E-state index in [0.717, 1.165) is 30.8 Å². The Bertz CT molecular complexity index is 624. The van der Waals surface area contributed by atoms with E-state index in [4.69, 9.17) is 5.26 Å². The summed E-state index contributed by atoms with van der Waals surface area (Å²) in [6, 6.07) is 12.4. The molecular weight excluding hydrogens is 260 g/mol. The predicted molar refractivity (Wildman–Crippen MR) is 83.6 cm³/mol. The van der Waals surface area contributed by atoms with Gasteiger partial charge >= 0.3 is 0 Å². The minimum absolute atomic E-state index is 0.441. The Morgan fingerprint density at radius 2 is 2.14 bits per heavy atom. The Morgan fingerprint density at radius 1 is 1.33 bits per heavy atom. The second kappa shape index (κ2) is 7.05. The number of hydrogen-bond acceptors (Lipinski definition) is 3. The van der Waals surface area contributed by atoms with E-state index in [-0.39, 0.29) is 0 Å². The SMILES string of the molecule is CCC(C)n1ccc(CN(C)Cc2cccc(C#N)c2)n1. The lowest BCUT2D eigenvalue weighted by Crippen LogP contribution is -2.18. The Hall–Kier alpha value is -2.12. The highest BCUT2D eigenvalue weighted by Crippen LogP contribution is 2.12. The summed E-state index contributed by atoms with van der Waals surface area (Å²) in [4.78, 5) is 2.21. The van der Waals surface area contributed by atoms with Crippen LogP contribution in [0.5, 0.6) is 0 Å². The number of aromatic nitrogens is 2. The maximum absolute atomic E-state index is 8.93. The highest BCUT2D eigenvalue weighted by Gasteiger charge is 2.07. The molecule has 0 spiro atoms. The van der Waals surface area contributed by atoms with Crippen LogP contribution in [-0.2, 0) is 13.1 Å². The zero-order chi connectivity index (χ0) is 15.2. The second-order valence-electron chi connectivity index (χ2n) is 5.53. The van der Waals surface area contributed by atoms with Gasteiger partial charge in [-0.25, -0.2) is 0 Å². The number of rotatable bonds is 6. The van der Waals surface area contributed by atoms with Crippen molar-refractivity contribution in [1.82, 2.24) is 14.7 Å². The van der Waals surface area contributed by atoms with Crippen LogP contribution < -0.4 is 0 Å². The summed E-state index contributed by atoms with van der Waals surface area (Å²) in [5.74, 6) is 0. The molecule has 1 heterocycles. The van der Waals surface area contributed by atoms with Crippen LogP contribution in [-0.4, -0.2) is 21.7 Å². The number of nitriles is 1. The van der Waals surface area contributed by atoms with Gasteiger partial charge in [-0.3, -0.25) is 9.58 Å². The van der Waals surface area contributed by atoms with Crippen LogP contribution in [0.4, 0.5) is 0 Å². The summed E-state index contributed by atoms with van der Waals surface area (Å²) < 4.78 is 2.03. The second-order valence-corrected chi connectivity index (χ2v) is 5.53. The molecule has 21 heavy (non-hydrogen) atoms. The van der Waals surface area contributed by atoms with Gasteiger partial charge in [0.05, 0.1) is 17.3 Å². The normalized spacial score (nSPS) is 12.3. The van der Waals surface area contributed by atoms with Crippen LogP contribution in [0.15, 0.2) is 36.5 Å². The van der Waals surface area contributed by atoms with Gasteiger partial charge in [0.2, 0.25) is 0 Å². The van der Waals surface area contributed by atoms with E-state index in [0.29, 0.717) is 11.6 Å². The minimum Gasteiger partial charge on any atom is -0.296 e. The standard InChI is InChI=1S/C17H22N4/c1-4-14(2)21-9-8-17(19-21)13-20(3)12-16-7-5-6-15(10-16)11-18/h5-10,14H,4,12-13H2,1-3H3. The molecule has 0 aliphatic carbocycles. The van der Waals surface area contributed by atoms with Crippen molar-refractivity contribution >= 4 is 0 Å². The summed E-state index contributed by atoms with van der Waals surface area (Å²) >= 11 is 0. The topological polar surface area (TPSA) is 44.9 Å². The molecule has 0 aliphatic rings. The van der Waals surface area contributed by atoms with Crippen LogP contribution in [0.1, 0.15) is 43.1 Å². The van der Waals surface area contributed by atoms with E-state index in [2.05, 4.69) is 49.1 Å². The van der Waals surface area contributed by atoms with E-state index >= 15 is 0 Å². The third-order valence-electron chi connectivity index (χ3n) is 3.65. The Balaban J connectivity index is 1.96. The van der Waals surface area contributed by atoms with Gasteiger partial charge in [-0.05, 0) is 44.2 Å². The molecule has 0 aliphatic heterocycles. The fourth-order valence-electron chi connectivity index (χ4n) is 2.28. The first-order valence-electron chi connectivity index (χ1n) is 7.34. The smallest absolute Gasteiger partial charge is 0.0991 e. The van der Waals surface area contributed by atoms with Crippen LogP contribution in [0.3, 0.4) is 0 Å². The Kier molecular flexibility index (Phi) is 5.13. The van der Waals surface area contributed by atoms with Gasteiger partial charge in [-0.15, -0.1) is 0 Å². The largest absolute Gasteiger partial charge is 0.296 e. The Morgan fingerprint density at radius 3 is 2.86 bits per heavy atom. The molecule has 0 bridgehead atoms. The molecule has 1 unspecified atom stereocenters. The summed E-state index contributed by atoms with van der Waals surface area (Å²) in [5.41, 5.74) is 2.94. The van der Waals surface area contributed by atoms with E-state index in [1.807, 2.05) is 29.1 Å². The lowest BCUT2D eigenvalue weighted by Gasteiger charge is -2.15. The van der Waals surface area contributed by atoms with Crippen molar-refractivity contribution in [2.45, 2.75) is 39.4 Å². The zero-order valence-corrected chi connectivity index (χ0v) is 13.0. The molecule has 0 saturated carbocycles. The Labute approximate surface area is 126 Å². The van der Waals surface area contributed by atoms with Crippen molar-refractivity contribution < 1.29 is 0 Å². The summed E-state index contributed by atoms with van der Waals surface area (Å²) in [5, 5.41) is 13.6. The minimum atomic E-state index is 0.441. The molecule has 4 heteroatoms.